The van der Waals surface area contributed by atoms with Crippen molar-refractivity contribution in [2.24, 2.45) is 11.8 Å². The minimum Gasteiger partial charge on any atom is -0.376 e. The summed E-state index contributed by atoms with van der Waals surface area (Å²) in [7, 11) is 0. The van der Waals surface area contributed by atoms with Crippen LogP contribution in [0.25, 0.3) is 0 Å². The van der Waals surface area contributed by atoms with Gasteiger partial charge in [0, 0.05) is 42.7 Å². The third kappa shape index (κ3) is 6.35. The maximum absolute atomic E-state index is 13.2. The summed E-state index contributed by atoms with van der Waals surface area (Å²) in [4.78, 5) is 17.8. The smallest absolute Gasteiger partial charge is 0.253 e. The van der Waals surface area contributed by atoms with E-state index in [1.54, 1.807) is 35.6 Å². The third-order valence-corrected chi connectivity index (χ3v) is 8.48. The number of benzene rings is 2. The molecule has 2 fully saturated rings. The van der Waals surface area contributed by atoms with Crippen LogP contribution in [0.15, 0.2) is 65.4 Å². The van der Waals surface area contributed by atoms with Crippen LogP contribution in [-0.4, -0.2) is 55.0 Å². The fourth-order valence-corrected chi connectivity index (χ4v) is 6.30. The van der Waals surface area contributed by atoms with E-state index in [-0.39, 0.29) is 11.7 Å². The van der Waals surface area contributed by atoms with Gasteiger partial charge in [0.1, 0.15) is 5.82 Å². The number of halogens is 2. The second kappa shape index (κ2) is 11.9. The number of thiophene rings is 1. The van der Waals surface area contributed by atoms with Crippen molar-refractivity contribution in [3.63, 3.8) is 0 Å². The molecule has 0 spiro atoms. The van der Waals surface area contributed by atoms with Crippen molar-refractivity contribution in [3.05, 3.63) is 92.9 Å². The second-order valence-corrected chi connectivity index (χ2v) is 11.2. The zero-order valence-electron chi connectivity index (χ0n) is 20.3. The van der Waals surface area contributed by atoms with Crippen LogP contribution < -0.4 is 0 Å². The summed E-state index contributed by atoms with van der Waals surface area (Å²) in [5, 5.41) is 5.01. The molecule has 2 unspecified atom stereocenters. The molecule has 0 saturated carbocycles. The molecule has 36 heavy (non-hydrogen) atoms. The van der Waals surface area contributed by atoms with Crippen molar-refractivity contribution >= 4 is 28.8 Å². The van der Waals surface area contributed by atoms with Crippen LogP contribution in [0, 0.1) is 17.7 Å². The van der Waals surface area contributed by atoms with Crippen molar-refractivity contribution in [1.29, 1.82) is 0 Å². The maximum Gasteiger partial charge on any atom is 0.253 e. The molecule has 190 valence electrons. The summed E-state index contributed by atoms with van der Waals surface area (Å²) in [6.45, 7) is 5.94. The van der Waals surface area contributed by atoms with Gasteiger partial charge in [0.25, 0.3) is 5.91 Å². The van der Waals surface area contributed by atoms with Gasteiger partial charge in [0.2, 0.25) is 0 Å². The van der Waals surface area contributed by atoms with E-state index in [4.69, 9.17) is 16.3 Å². The molecule has 3 heterocycles. The average molecular weight is 527 g/mol. The second-order valence-electron chi connectivity index (χ2n) is 10.0. The van der Waals surface area contributed by atoms with E-state index in [1.165, 1.54) is 17.7 Å². The molecule has 5 rings (SSSR count). The molecule has 2 aliphatic rings. The van der Waals surface area contributed by atoms with Crippen LogP contribution in [-0.2, 0) is 11.3 Å². The van der Waals surface area contributed by atoms with Crippen molar-refractivity contribution in [3.8, 4) is 0 Å². The molecular formula is C29H32ClFN2O2S. The minimum absolute atomic E-state index is 0.0893. The van der Waals surface area contributed by atoms with E-state index in [9.17, 15) is 9.18 Å². The minimum atomic E-state index is -0.216. The lowest BCUT2D eigenvalue weighted by Gasteiger charge is -2.34. The SMILES string of the molecule is O=C(c1ccc(Cl)cc1)N1CC(CN2CCC(COCc3ccc(F)cc3)CC2)C(c2ccsc2)C1. The number of hydrogen-bond donors (Lipinski definition) is 0. The highest BCUT2D eigenvalue weighted by Gasteiger charge is 2.38. The highest BCUT2D eigenvalue weighted by molar-refractivity contribution is 7.08. The van der Waals surface area contributed by atoms with E-state index >= 15 is 0 Å². The first-order chi connectivity index (χ1) is 17.5. The number of hydrogen-bond acceptors (Lipinski definition) is 4. The molecular weight excluding hydrogens is 495 g/mol. The van der Waals surface area contributed by atoms with Crippen LogP contribution in [0.2, 0.25) is 5.02 Å². The molecule has 7 heteroatoms. The highest BCUT2D eigenvalue weighted by atomic mass is 35.5. The molecule has 0 bridgehead atoms. The fourth-order valence-electron chi connectivity index (χ4n) is 5.45. The first-order valence-corrected chi connectivity index (χ1v) is 14.0. The molecule has 2 aliphatic heterocycles. The predicted octanol–water partition coefficient (Wildman–Crippen LogP) is 6.33. The Balaban J connectivity index is 1.13. The first kappa shape index (κ1) is 25.4. The normalized spacial score (nSPS) is 21.2. The van der Waals surface area contributed by atoms with Crippen LogP contribution >= 0.6 is 22.9 Å². The molecule has 2 aromatic carbocycles. The molecule has 1 amide bonds. The standard InChI is InChI=1S/C29H32ClFN2O2S/c30-26-5-3-23(4-6-26)29(34)33-16-25(28(17-33)24-11-14-36-20-24)15-32-12-9-22(10-13-32)19-35-18-21-1-7-27(31)8-2-21/h1-8,11,14,20,22,25,28H,9-10,12-13,15-19H2. The molecule has 0 aliphatic carbocycles. The van der Waals surface area contributed by atoms with Crippen molar-refractivity contribution in [2.75, 3.05) is 39.3 Å². The van der Waals surface area contributed by atoms with Gasteiger partial charge in [-0.05, 0) is 102 Å². The summed E-state index contributed by atoms with van der Waals surface area (Å²) < 4.78 is 19.0. The fraction of sp³-hybridized carbons (Fsp3) is 0.414. The average Bonchev–Trinajstić information content (AvgIpc) is 3.57. The zero-order chi connectivity index (χ0) is 24.9. The van der Waals surface area contributed by atoms with E-state index in [2.05, 4.69) is 21.7 Å². The Morgan fingerprint density at radius 3 is 2.47 bits per heavy atom. The molecule has 2 saturated heterocycles. The molecule has 0 N–H and O–H groups in total. The Morgan fingerprint density at radius 1 is 1.03 bits per heavy atom. The Hall–Kier alpha value is -2.25. The Labute approximate surface area is 221 Å². The van der Waals surface area contributed by atoms with Gasteiger partial charge < -0.3 is 14.5 Å². The quantitative estimate of drug-likeness (QED) is 0.344. The first-order valence-electron chi connectivity index (χ1n) is 12.7. The lowest BCUT2D eigenvalue weighted by Crippen LogP contribution is -2.39. The third-order valence-electron chi connectivity index (χ3n) is 7.53. The zero-order valence-corrected chi connectivity index (χ0v) is 21.9. The Morgan fingerprint density at radius 2 is 1.78 bits per heavy atom. The Bertz CT molecular complexity index is 1120. The van der Waals surface area contributed by atoms with Crippen molar-refractivity contribution in [2.45, 2.75) is 25.4 Å². The van der Waals surface area contributed by atoms with Gasteiger partial charge in [0.05, 0.1) is 6.61 Å². The summed E-state index contributed by atoms with van der Waals surface area (Å²) >= 11 is 7.75. The predicted molar refractivity (Wildman–Crippen MR) is 143 cm³/mol. The van der Waals surface area contributed by atoms with Gasteiger partial charge in [-0.3, -0.25) is 4.79 Å². The summed E-state index contributed by atoms with van der Waals surface area (Å²) in [5.41, 5.74) is 3.05. The lowest BCUT2D eigenvalue weighted by molar-refractivity contribution is 0.0539. The van der Waals surface area contributed by atoms with E-state index in [1.807, 2.05) is 17.0 Å². The number of nitrogens with zero attached hydrogens (tertiary/aromatic N) is 2. The number of rotatable bonds is 8. The number of piperidine rings is 1. The van der Waals surface area contributed by atoms with Gasteiger partial charge in [-0.2, -0.15) is 11.3 Å². The molecule has 3 aromatic rings. The number of likely N-dealkylation sites (tertiary alicyclic amines) is 2. The summed E-state index contributed by atoms with van der Waals surface area (Å²) in [6.07, 6.45) is 2.24. The van der Waals surface area contributed by atoms with Gasteiger partial charge in [-0.15, -0.1) is 0 Å². The van der Waals surface area contributed by atoms with E-state index in [0.29, 0.717) is 34.9 Å². The molecule has 2 atom stereocenters. The highest BCUT2D eigenvalue weighted by Crippen LogP contribution is 2.36. The number of carbonyl (C=O) groups is 1. The van der Waals surface area contributed by atoms with Gasteiger partial charge in [-0.25, -0.2) is 4.39 Å². The van der Waals surface area contributed by atoms with Crippen molar-refractivity contribution < 1.29 is 13.9 Å². The number of carbonyl (C=O) groups excluding carboxylic acids is 1. The molecule has 0 radical (unpaired) electrons. The lowest BCUT2D eigenvalue weighted by atomic mass is 9.89. The number of ether oxygens (including phenoxy) is 1. The van der Waals surface area contributed by atoms with E-state index < -0.39 is 0 Å². The van der Waals surface area contributed by atoms with Crippen LogP contribution in [0.5, 0.6) is 0 Å². The van der Waals surface area contributed by atoms with Gasteiger partial charge in [-0.1, -0.05) is 23.7 Å². The van der Waals surface area contributed by atoms with Crippen molar-refractivity contribution in [1.82, 2.24) is 9.80 Å². The summed E-state index contributed by atoms with van der Waals surface area (Å²) in [6, 6.07) is 15.9. The van der Waals surface area contributed by atoms with Gasteiger partial charge in [0.15, 0.2) is 0 Å². The molecule has 4 nitrogen and oxygen atoms in total. The van der Waals surface area contributed by atoms with Crippen LogP contribution in [0.3, 0.4) is 0 Å². The van der Waals surface area contributed by atoms with E-state index in [0.717, 1.165) is 57.7 Å². The van der Waals surface area contributed by atoms with Gasteiger partial charge >= 0.3 is 0 Å². The monoisotopic (exact) mass is 526 g/mol. The Kier molecular flexibility index (Phi) is 8.37. The molecule has 1 aromatic heterocycles. The van der Waals surface area contributed by atoms with Crippen LogP contribution in [0.4, 0.5) is 4.39 Å². The maximum atomic E-state index is 13.2. The number of amides is 1. The summed E-state index contributed by atoms with van der Waals surface area (Å²) in [5.74, 6) is 1.21. The van der Waals surface area contributed by atoms with Crippen LogP contribution in [0.1, 0.15) is 40.2 Å². The largest absolute Gasteiger partial charge is 0.376 e. The topological polar surface area (TPSA) is 32.8 Å².